The zero-order chi connectivity index (χ0) is 9.26. The van der Waals surface area contributed by atoms with Gasteiger partial charge in [0.1, 0.15) is 5.76 Å². The highest BCUT2D eigenvalue weighted by Crippen LogP contribution is 2.33. The van der Waals surface area contributed by atoms with Crippen molar-refractivity contribution in [3.63, 3.8) is 0 Å². The van der Waals surface area contributed by atoms with Gasteiger partial charge < -0.3 is 4.42 Å². The molecule has 0 aromatic carbocycles. The van der Waals surface area contributed by atoms with Crippen LogP contribution in [0, 0.1) is 6.92 Å². The van der Waals surface area contributed by atoms with Crippen LogP contribution in [-0.4, -0.2) is 11.8 Å². The Labute approximate surface area is 83.1 Å². The van der Waals surface area contributed by atoms with E-state index in [-0.39, 0.29) is 0 Å². The normalized spacial score (nSPS) is 29.1. The molecule has 2 heterocycles. The molecule has 2 nitrogen and oxygen atoms in total. The third kappa shape index (κ3) is 1.92. The first-order chi connectivity index (χ1) is 6.27. The fourth-order valence-electron chi connectivity index (χ4n) is 1.60. The Bertz CT molecular complexity index is 284. The van der Waals surface area contributed by atoms with E-state index in [1.165, 1.54) is 17.7 Å². The highest BCUT2D eigenvalue weighted by Gasteiger charge is 2.22. The van der Waals surface area contributed by atoms with Gasteiger partial charge in [0.2, 0.25) is 0 Å². The molecule has 0 bridgehead atoms. The molecule has 1 saturated heterocycles. The summed E-state index contributed by atoms with van der Waals surface area (Å²) in [5, 5.41) is 4.00. The van der Waals surface area contributed by atoms with Crippen LogP contribution in [0.15, 0.2) is 16.7 Å². The SMILES string of the molecule is Cc1occc1C1NC(C)CCS1. The zero-order valence-electron chi connectivity index (χ0n) is 8.04. The number of aryl methyl sites for hydroxylation is 1. The molecule has 2 unspecified atom stereocenters. The second kappa shape index (κ2) is 3.76. The third-order valence-electron chi connectivity index (χ3n) is 2.45. The largest absolute Gasteiger partial charge is 0.469 e. The number of thioether (sulfide) groups is 1. The average molecular weight is 197 g/mol. The number of hydrogen-bond donors (Lipinski definition) is 1. The van der Waals surface area contributed by atoms with Crippen LogP contribution in [0.25, 0.3) is 0 Å². The van der Waals surface area contributed by atoms with Crippen LogP contribution in [0.2, 0.25) is 0 Å². The Balaban J connectivity index is 2.12. The van der Waals surface area contributed by atoms with E-state index in [1.807, 2.05) is 18.7 Å². The maximum absolute atomic E-state index is 5.30. The van der Waals surface area contributed by atoms with Crippen molar-refractivity contribution in [2.45, 2.75) is 31.7 Å². The molecule has 1 aliphatic rings. The number of nitrogens with one attached hydrogen (secondary N) is 1. The Morgan fingerprint density at radius 2 is 2.46 bits per heavy atom. The zero-order valence-corrected chi connectivity index (χ0v) is 8.86. The first-order valence-corrected chi connectivity index (χ1v) is 5.74. The molecule has 1 aliphatic heterocycles. The third-order valence-corrected chi connectivity index (χ3v) is 3.65. The van der Waals surface area contributed by atoms with Crippen LogP contribution in [0.3, 0.4) is 0 Å². The molecule has 1 aromatic rings. The van der Waals surface area contributed by atoms with Crippen LogP contribution >= 0.6 is 11.8 Å². The highest BCUT2D eigenvalue weighted by atomic mass is 32.2. The Hall–Kier alpha value is -0.410. The molecule has 0 amide bonds. The summed E-state index contributed by atoms with van der Waals surface area (Å²) < 4.78 is 5.30. The van der Waals surface area contributed by atoms with E-state index in [2.05, 4.69) is 18.3 Å². The molecule has 1 N–H and O–H groups in total. The van der Waals surface area contributed by atoms with E-state index in [9.17, 15) is 0 Å². The van der Waals surface area contributed by atoms with Crippen molar-refractivity contribution in [2.24, 2.45) is 0 Å². The lowest BCUT2D eigenvalue weighted by molar-refractivity contribution is 0.494. The van der Waals surface area contributed by atoms with Crippen molar-refractivity contribution in [1.82, 2.24) is 5.32 Å². The molecule has 0 saturated carbocycles. The monoisotopic (exact) mass is 197 g/mol. The van der Waals surface area contributed by atoms with Gasteiger partial charge in [-0.25, -0.2) is 0 Å². The maximum atomic E-state index is 5.30. The molecule has 0 radical (unpaired) electrons. The standard InChI is InChI=1S/C10H15NOS/c1-7-4-6-13-10(11-7)9-3-5-12-8(9)2/h3,5,7,10-11H,4,6H2,1-2H3. The van der Waals surface area contributed by atoms with Crippen LogP contribution in [0.5, 0.6) is 0 Å². The summed E-state index contributed by atoms with van der Waals surface area (Å²) in [6.45, 7) is 4.26. The van der Waals surface area contributed by atoms with Crippen LogP contribution < -0.4 is 5.32 Å². The Kier molecular flexibility index (Phi) is 2.65. The lowest BCUT2D eigenvalue weighted by Crippen LogP contribution is -2.33. The van der Waals surface area contributed by atoms with Gasteiger partial charge >= 0.3 is 0 Å². The first-order valence-electron chi connectivity index (χ1n) is 4.69. The maximum Gasteiger partial charge on any atom is 0.106 e. The molecule has 1 fully saturated rings. The minimum atomic E-state index is 0.433. The highest BCUT2D eigenvalue weighted by molar-refractivity contribution is 7.99. The topological polar surface area (TPSA) is 25.2 Å². The molecule has 0 aliphatic carbocycles. The van der Waals surface area contributed by atoms with Crippen molar-refractivity contribution in [3.8, 4) is 0 Å². The predicted molar refractivity (Wildman–Crippen MR) is 55.9 cm³/mol. The lowest BCUT2D eigenvalue weighted by atomic mass is 10.2. The van der Waals surface area contributed by atoms with Gasteiger partial charge in [0.25, 0.3) is 0 Å². The fraction of sp³-hybridized carbons (Fsp3) is 0.600. The molecular formula is C10H15NOS. The van der Waals surface area contributed by atoms with Crippen molar-refractivity contribution in [2.75, 3.05) is 5.75 Å². The van der Waals surface area contributed by atoms with Gasteiger partial charge in [0.05, 0.1) is 11.6 Å². The molecule has 1 aromatic heterocycles. The second-order valence-corrected chi connectivity index (χ2v) is 4.75. The molecule has 2 atom stereocenters. The summed E-state index contributed by atoms with van der Waals surface area (Å²) in [4.78, 5) is 0. The van der Waals surface area contributed by atoms with Gasteiger partial charge in [-0.15, -0.1) is 11.8 Å². The lowest BCUT2D eigenvalue weighted by Gasteiger charge is -2.28. The molecule has 72 valence electrons. The van der Waals surface area contributed by atoms with Crippen molar-refractivity contribution >= 4 is 11.8 Å². The Morgan fingerprint density at radius 1 is 1.62 bits per heavy atom. The van der Waals surface area contributed by atoms with E-state index >= 15 is 0 Å². The van der Waals surface area contributed by atoms with E-state index in [0.717, 1.165) is 5.76 Å². The summed E-state index contributed by atoms with van der Waals surface area (Å²) in [6.07, 6.45) is 3.03. The van der Waals surface area contributed by atoms with Crippen LogP contribution in [-0.2, 0) is 0 Å². The minimum Gasteiger partial charge on any atom is -0.469 e. The molecule has 0 spiro atoms. The van der Waals surface area contributed by atoms with Crippen LogP contribution in [0.1, 0.15) is 30.0 Å². The molecule has 13 heavy (non-hydrogen) atoms. The van der Waals surface area contributed by atoms with E-state index in [0.29, 0.717) is 11.4 Å². The van der Waals surface area contributed by atoms with Gasteiger partial charge in [0.15, 0.2) is 0 Å². The quantitative estimate of drug-likeness (QED) is 0.749. The Morgan fingerprint density at radius 3 is 3.08 bits per heavy atom. The van der Waals surface area contributed by atoms with Gasteiger partial charge in [-0.05, 0) is 32.1 Å². The minimum absolute atomic E-state index is 0.433. The number of hydrogen-bond acceptors (Lipinski definition) is 3. The first kappa shape index (κ1) is 9.16. The van der Waals surface area contributed by atoms with Crippen LogP contribution in [0.4, 0.5) is 0 Å². The van der Waals surface area contributed by atoms with E-state index in [1.54, 1.807) is 6.26 Å². The molecule has 3 heteroatoms. The average Bonchev–Trinajstić information content (AvgIpc) is 2.51. The smallest absolute Gasteiger partial charge is 0.106 e. The summed E-state index contributed by atoms with van der Waals surface area (Å²) in [6, 6.07) is 2.69. The van der Waals surface area contributed by atoms with Gasteiger partial charge in [0, 0.05) is 11.6 Å². The second-order valence-electron chi connectivity index (χ2n) is 3.54. The van der Waals surface area contributed by atoms with E-state index < -0.39 is 0 Å². The van der Waals surface area contributed by atoms with Crippen molar-refractivity contribution in [3.05, 3.63) is 23.7 Å². The fourth-order valence-corrected chi connectivity index (χ4v) is 3.08. The number of furan rings is 1. The molecule has 2 rings (SSSR count). The van der Waals surface area contributed by atoms with E-state index in [4.69, 9.17) is 4.42 Å². The number of rotatable bonds is 1. The summed E-state index contributed by atoms with van der Waals surface area (Å²) in [5.74, 6) is 2.28. The molecular weight excluding hydrogens is 182 g/mol. The van der Waals surface area contributed by atoms with Crippen molar-refractivity contribution in [1.29, 1.82) is 0 Å². The van der Waals surface area contributed by atoms with Gasteiger partial charge in [-0.3, -0.25) is 5.32 Å². The van der Waals surface area contributed by atoms with Gasteiger partial charge in [-0.2, -0.15) is 0 Å². The predicted octanol–water partition coefficient (Wildman–Crippen LogP) is 2.70. The van der Waals surface area contributed by atoms with Crippen molar-refractivity contribution < 1.29 is 4.42 Å². The summed E-state index contributed by atoms with van der Waals surface area (Å²) in [7, 11) is 0. The summed E-state index contributed by atoms with van der Waals surface area (Å²) in [5.41, 5.74) is 1.30. The summed E-state index contributed by atoms with van der Waals surface area (Å²) >= 11 is 1.97. The van der Waals surface area contributed by atoms with Gasteiger partial charge in [-0.1, -0.05) is 0 Å².